The SMILES string of the molecule is O=C(NC1CC(c2ccccc2)C1)N1C[C@@H]2CCC[C@@]2(C(=O)O)C1. The maximum absolute atomic E-state index is 12.5. The van der Waals surface area contributed by atoms with Crippen LogP contribution < -0.4 is 5.32 Å². The summed E-state index contributed by atoms with van der Waals surface area (Å²) >= 11 is 0. The summed E-state index contributed by atoms with van der Waals surface area (Å²) in [5.74, 6) is -0.0767. The van der Waals surface area contributed by atoms with Crippen molar-refractivity contribution in [2.45, 2.75) is 44.1 Å². The topological polar surface area (TPSA) is 69.6 Å². The fraction of sp³-hybridized carbons (Fsp3) is 0.579. The fourth-order valence-electron chi connectivity index (χ4n) is 4.79. The Labute approximate surface area is 142 Å². The summed E-state index contributed by atoms with van der Waals surface area (Å²) in [6, 6.07) is 10.5. The molecule has 1 saturated heterocycles. The van der Waals surface area contributed by atoms with Crippen molar-refractivity contribution >= 4 is 12.0 Å². The number of carboxylic acids is 1. The monoisotopic (exact) mass is 328 g/mol. The zero-order chi connectivity index (χ0) is 16.7. The van der Waals surface area contributed by atoms with Gasteiger partial charge in [-0.25, -0.2) is 4.79 Å². The van der Waals surface area contributed by atoms with Gasteiger partial charge in [0.2, 0.25) is 0 Å². The van der Waals surface area contributed by atoms with Crippen LogP contribution >= 0.6 is 0 Å². The van der Waals surface area contributed by atoms with Gasteiger partial charge in [0.25, 0.3) is 0 Å². The number of hydrogen-bond donors (Lipinski definition) is 2. The molecule has 128 valence electrons. The van der Waals surface area contributed by atoms with Crippen LogP contribution in [0.1, 0.15) is 43.6 Å². The van der Waals surface area contributed by atoms with Crippen molar-refractivity contribution in [1.29, 1.82) is 0 Å². The second kappa shape index (κ2) is 5.80. The Bertz CT molecular complexity index is 641. The van der Waals surface area contributed by atoms with E-state index < -0.39 is 11.4 Å². The Balaban J connectivity index is 1.32. The Morgan fingerprint density at radius 1 is 1.21 bits per heavy atom. The summed E-state index contributed by atoms with van der Waals surface area (Å²) in [5.41, 5.74) is 0.646. The van der Waals surface area contributed by atoms with Gasteiger partial charge in [-0.15, -0.1) is 0 Å². The number of fused-ring (bicyclic) bond motifs is 1. The molecule has 5 heteroatoms. The van der Waals surface area contributed by atoms with Gasteiger partial charge in [-0.05, 0) is 43.1 Å². The summed E-state index contributed by atoms with van der Waals surface area (Å²) in [6.07, 6.45) is 4.54. The van der Waals surface area contributed by atoms with Crippen LogP contribution in [-0.2, 0) is 4.79 Å². The van der Waals surface area contributed by atoms with E-state index in [0.29, 0.717) is 25.4 Å². The van der Waals surface area contributed by atoms with E-state index >= 15 is 0 Å². The predicted molar refractivity (Wildman–Crippen MR) is 89.7 cm³/mol. The molecule has 0 aromatic heterocycles. The van der Waals surface area contributed by atoms with Gasteiger partial charge in [0.15, 0.2) is 0 Å². The number of aliphatic carboxylic acids is 1. The lowest BCUT2D eigenvalue weighted by molar-refractivity contribution is -0.149. The van der Waals surface area contributed by atoms with Crippen LogP contribution in [0.25, 0.3) is 0 Å². The van der Waals surface area contributed by atoms with Crippen molar-refractivity contribution in [3.05, 3.63) is 35.9 Å². The van der Waals surface area contributed by atoms with E-state index in [1.165, 1.54) is 5.56 Å². The second-order valence-corrected chi connectivity index (χ2v) is 7.66. The molecule has 0 radical (unpaired) electrons. The maximum atomic E-state index is 12.5. The van der Waals surface area contributed by atoms with E-state index in [0.717, 1.165) is 25.7 Å². The first-order chi connectivity index (χ1) is 11.6. The standard InChI is InChI=1S/C19H24N2O3/c22-17(23)19-8-4-7-15(19)11-21(12-19)18(24)20-16-9-14(10-16)13-5-2-1-3-6-13/h1-3,5-6,14-16H,4,7-12H2,(H,20,24)(H,22,23)/t14?,15-,16?,19+/m0/s1. The first-order valence-electron chi connectivity index (χ1n) is 8.92. The molecule has 4 rings (SSSR count). The molecule has 0 spiro atoms. The zero-order valence-electron chi connectivity index (χ0n) is 13.8. The highest BCUT2D eigenvalue weighted by atomic mass is 16.4. The molecule has 0 bridgehead atoms. The first kappa shape index (κ1) is 15.5. The number of amides is 2. The van der Waals surface area contributed by atoms with Crippen LogP contribution in [0.3, 0.4) is 0 Å². The number of nitrogens with zero attached hydrogens (tertiary/aromatic N) is 1. The lowest BCUT2D eigenvalue weighted by Crippen LogP contribution is -2.49. The van der Waals surface area contributed by atoms with Crippen molar-refractivity contribution in [3.63, 3.8) is 0 Å². The molecular formula is C19H24N2O3. The number of nitrogens with one attached hydrogen (secondary N) is 1. The Hall–Kier alpha value is -2.04. The average Bonchev–Trinajstić information content (AvgIpc) is 3.09. The average molecular weight is 328 g/mol. The number of benzene rings is 1. The van der Waals surface area contributed by atoms with Gasteiger partial charge >= 0.3 is 12.0 Å². The van der Waals surface area contributed by atoms with E-state index in [1.807, 2.05) is 6.07 Å². The third kappa shape index (κ3) is 2.46. The molecule has 3 fully saturated rings. The largest absolute Gasteiger partial charge is 0.481 e. The Kier molecular flexibility index (Phi) is 3.74. The van der Waals surface area contributed by atoms with Crippen molar-refractivity contribution in [2.75, 3.05) is 13.1 Å². The van der Waals surface area contributed by atoms with Gasteiger partial charge in [-0.2, -0.15) is 0 Å². The van der Waals surface area contributed by atoms with Gasteiger partial charge < -0.3 is 15.3 Å². The molecule has 2 saturated carbocycles. The van der Waals surface area contributed by atoms with Crippen molar-refractivity contribution in [1.82, 2.24) is 10.2 Å². The number of carboxylic acid groups (broad SMARTS) is 1. The highest BCUT2D eigenvalue weighted by Gasteiger charge is 2.56. The molecule has 1 aromatic carbocycles. The number of rotatable bonds is 3. The van der Waals surface area contributed by atoms with Crippen molar-refractivity contribution in [3.8, 4) is 0 Å². The smallest absolute Gasteiger partial charge is 0.317 e. The first-order valence-corrected chi connectivity index (χ1v) is 8.92. The molecule has 2 N–H and O–H groups in total. The highest BCUT2D eigenvalue weighted by Crippen LogP contribution is 2.49. The number of carbonyl (C=O) groups is 2. The van der Waals surface area contributed by atoms with Crippen LogP contribution in [0.2, 0.25) is 0 Å². The van der Waals surface area contributed by atoms with Crippen molar-refractivity contribution in [2.24, 2.45) is 11.3 Å². The predicted octanol–water partition coefficient (Wildman–Crippen LogP) is 2.83. The van der Waals surface area contributed by atoms with Crippen molar-refractivity contribution < 1.29 is 14.7 Å². The zero-order valence-corrected chi connectivity index (χ0v) is 13.8. The normalized spacial score (nSPS) is 34.5. The summed E-state index contributed by atoms with van der Waals surface area (Å²) in [4.78, 5) is 25.9. The lowest BCUT2D eigenvalue weighted by Gasteiger charge is -2.37. The molecule has 1 aliphatic heterocycles. The second-order valence-electron chi connectivity index (χ2n) is 7.66. The maximum Gasteiger partial charge on any atom is 0.317 e. The molecule has 1 aromatic rings. The molecule has 0 unspecified atom stereocenters. The van der Waals surface area contributed by atoms with Gasteiger partial charge in [0, 0.05) is 19.1 Å². The quantitative estimate of drug-likeness (QED) is 0.896. The molecule has 3 aliphatic rings. The van der Waals surface area contributed by atoms with Crippen LogP contribution in [-0.4, -0.2) is 41.1 Å². The lowest BCUT2D eigenvalue weighted by atomic mass is 9.76. The Morgan fingerprint density at radius 2 is 1.96 bits per heavy atom. The number of urea groups is 1. The van der Waals surface area contributed by atoms with Crippen LogP contribution in [0.4, 0.5) is 4.79 Å². The number of hydrogen-bond acceptors (Lipinski definition) is 2. The third-order valence-corrected chi connectivity index (χ3v) is 6.32. The Morgan fingerprint density at radius 3 is 2.62 bits per heavy atom. The minimum atomic E-state index is -0.729. The molecular weight excluding hydrogens is 304 g/mol. The highest BCUT2D eigenvalue weighted by molar-refractivity contribution is 5.80. The number of carbonyl (C=O) groups excluding carboxylic acids is 1. The van der Waals surface area contributed by atoms with Crippen LogP contribution in [0.5, 0.6) is 0 Å². The summed E-state index contributed by atoms with van der Waals surface area (Å²) in [7, 11) is 0. The molecule has 5 nitrogen and oxygen atoms in total. The fourth-order valence-corrected chi connectivity index (χ4v) is 4.79. The van der Waals surface area contributed by atoms with Gasteiger partial charge in [0.1, 0.15) is 0 Å². The van der Waals surface area contributed by atoms with E-state index in [9.17, 15) is 14.7 Å². The van der Waals surface area contributed by atoms with Gasteiger partial charge in [-0.3, -0.25) is 4.79 Å². The molecule has 2 amide bonds. The summed E-state index contributed by atoms with van der Waals surface area (Å²) < 4.78 is 0. The van der Waals surface area contributed by atoms with E-state index in [-0.39, 0.29) is 18.0 Å². The van der Waals surface area contributed by atoms with E-state index in [1.54, 1.807) is 4.90 Å². The van der Waals surface area contributed by atoms with E-state index in [2.05, 4.69) is 29.6 Å². The number of likely N-dealkylation sites (tertiary alicyclic amines) is 1. The molecule has 24 heavy (non-hydrogen) atoms. The third-order valence-electron chi connectivity index (χ3n) is 6.32. The summed E-state index contributed by atoms with van der Waals surface area (Å²) in [5, 5.41) is 12.7. The van der Waals surface area contributed by atoms with Gasteiger partial charge in [0.05, 0.1) is 5.41 Å². The minimum absolute atomic E-state index is 0.0819. The van der Waals surface area contributed by atoms with Crippen LogP contribution in [0, 0.1) is 11.3 Å². The minimum Gasteiger partial charge on any atom is -0.481 e. The van der Waals surface area contributed by atoms with Crippen LogP contribution in [0.15, 0.2) is 30.3 Å². The molecule has 2 atom stereocenters. The van der Waals surface area contributed by atoms with Gasteiger partial charge in [-0.1, -0.05) is 36.8 Å². The molecule has 1 heterocycles. The van der Waals surface area contributed by atoms with E-state index in [4.69, 9.17) is 0 Å². The molecule has 2 aliphatic carbocycles. The summed E-state index contributed by atoms with van der Waals surface area (Å²) in [6.45, 7) is 0.959.